The van der Waals surface area contributed by atoms with Crippen molar-refractivity contribution in [1.82, 2.24) is 10.0 Å². The van der Waals surface area contributed by atoms with E-state index in [4.69, 9.17) is 5.73 Å². The predicted octanol–water partition coefficient (Wildman–Crippen LogP) is 0.724. The third-order valence-corrected chi connectivity index (χ3v) is 3.54. The van der Waals surface area contributed by atoms with E-state index < -0.39 is 26.8 Å². The van der Waals surface area contributed by atoms with Gasteiger partial charge in [-0.05, 0) is 26.0 Å². The van der Waals surface area contributed by atoms with Gasteiger partial charge in [0, 0.05) is 17.8 Å². The van der Waals surface area contributed by atoms with Crippen molar-refractivity contribution in [2.45, 2.75) is 18.7 Å². The van der Waals surface area contributed by atoms with Gasteiger partial charge in [0.15, 0.2) is 0 Å². The zero-order valence-electron chi connectivity index (χ0n) is 9.95. The van der Waals surface area contributed by atoms with E-state index in [0.717, 1.165) is 12.1 Å². The summed E-state index contributed by atoms with van der Waals surface area (Å²) < 4.78 is 38.6. The van der Waals surface area contributed by atoms with Crippen molar-refractivity contribution in [3.63, 3.8) is 0 Å². The number of halogens is 1. The van der Waals surface area contributed by atoms with Crippen LogP contribution in [0.3, 0.4) is 0 Å². The Morgan fingerprint density at radius 3 is 2.56 bits per heavy atom. The van der Waals surface area contributed by atoms with Crippen LogP contribution in [-0.4, -0.2) is 21.0 Å². The molecule has 0 atom stereocenters. The van der Waals surface area contributed by atoms with Gasteiger partial charge in [0.25, 0.3) is 10.0 Å². The first-order chi connectivity index (χ1) is 8.27. The van der Waals surface area contributed by atoms with Gasteiger partial charge in [0.05, 0.1) is 4.90 Å². The summed E-state index contributed by atoms with van der Waals surface area (Å²) in [6, 6.07) is 1.03. The molecule has 0 unspecified atom stereocenters. The number of rotatable bonds is 3. The maximum atomic E-state index is 13.4. The first-order valence-corrected chi connectivity index (χ1v) is 6.62. The van der Waals surface area contributed by atoms with Crippen LogP contribution in [0.2, 0.25) is 0 Å². The van der Waals surface area contributed by atoms with Crippen LogP contribution in [0, 0.1) is 12.7 Å². The molecule has 0 saturated carbocycles. The number of urea groups is 1. The molecule has 0 aliphatic heterocycles. The molecular weight excluding hydrogens is 261 g/mol. The topological polar surface area (TPSA) is 101 Å². The van der Waals surface area contributed by atoms with Crippen molar-refractivity contribution in [2.75, 3.05) is 12.3 Å². The molecule has 18 heavy (non-hydrogen) atoms. The van der Waals surface area contributed by atoms with E-state index in [9.17, 15) is 17.6 Å². The number of sulfonamides is 1. The lowest BCUT2D eigenvalue weighted by molar-refractivity contribution is 0.246. The molecule has 0 radical (unpaired) electrons. The number of nitrogens with one attached hydrogen (secondary N) is 2. The summed E-state index contributed by atoms with van der Waals surface area (Å²) in [7, 11) is -4.13. The van der Waals surface area contributed by atoms with Crippen LogP contribution in [0.15, 0.2) is 17.0 Å². The normalized spacial score (nSPS) is 11.1. The Balaban J connectivity index is 3.10. The van der Waals surface area contributed by atoms with Gasteiger partial charge >= 0.3 is 6.03 Å². The molecule has 6 nitrogen and oxygen atoms in total. The predicted molar refractivity (Wildman–Crippen MR) is 64.9 cm³/mol. The lowest BCUT2D eigenvalue weighted by atomic mass is 10.2. The molecule has 2 amide bonds. The number of nitrogen functional groups attached to an aromatic ring is 1. The van der Waals surface area contributed by atoms with E-state index in [1.54, 1.807) is 11.6 Å². The first kappa shape index (κ1) is 14.2. The van der Waals surface area contributed by atoms with Gasteiger partial charge in [-0.2, -0.15) is 0 Å². The molecule has 0 bridgehead atoms. The summed E-state index contributed by atoms with van der Waals surface area (Å²) in [6.07, 6.45) is 0. The summed E-state index contributed by atoms with van der Waals surface area (Å²) in [6.45, 7) is 3.33. The fourth-order valence-corrected chi connectivity index (χ4v) is 2.18. The Kier molecular flexibility index (Phi) is 4.12. The lowest BCUT2D eigenvalue weighted by Gasteiger charge is -2.09. The van der Waals surface area contributed by atoms with Gasteiger partial charge in [-0.3, -0.25) is 0 Å². The van der Waals surface area contributed by atoms with Crippen LogP contribution >= 0.6 is 0 Å². The lowest BCUT2D eigenvalue weighted by Crippen LogP contribution is -2.39. The number of nitrogens with two attached hydrogens (primary N) is 1. The van der Waals surface area contributed by atoms with Gasteiger partial charge in [-0.1, -0.05) is 0 Å². The molecule has 0 heterocycles. The van der Waals surface area contributed by atoms with E-state index >= 15 is 0 Å². The molecule has 0 aliphatic rings. The third kappa shape index (κ3) is 3.10. The minimum atomic E-state index is -4.13. The number of anilines is 1. The van der Waals surface area contributed by atoms with Crippen LogP contribution < -0.4 is 15.8 Å². The van der Waals surface area contributed by atoms with Gasteiger partial charge in [0.1, 0.15) is 5.82 Å². The Hall–Kier alpha value is -1.83. The fourth-order valence-electron chi connectivity index (χ4n) is 1.21. The zero-order valence-corrected chi connectivity index (χ0v) is 10.8. The zero-order chi connectivity index (χ0) is 13.9. The second kappa shape index (κ2) is 5.21. The molecule has 0 aromatic heterocycles. The molecular formula is C10H14FN3O3S. The van der Waals surface area contributed by atoms with Gasteiger partial charge in [0.2, 0.25) is 0 Å². The van der Waals surface area contributed by atoms with E-state index in [-0.39, 0.29) is 17.8 Å². The summed E-state index contributed by atoms with van der Waals surface area (Å²) >= 11 is 0. The summed E-state index contributed by atoms with van der Waals surface area (Å²) in [5.41, 5.74) is 5.64. The van der Waals surface area contributed by atoms with Crippen molar-refractivity contribution >= 4 is 21.7 Å². The highest BCUT2D eigenvalue weighted by Gasteiger charge is 2.19. The average molecular weight is 275 g/mol. The standard InChI is InChI=1S/C10H14FN3O3S/c1-3-13-10(15)14-18(16,17)7-4-8(11)6(2)9(12)5-7/h4-5H,3,12H2,1-2H3,(H2,13,14,15). The highest BCUT2D eigenvalue weighted by atomic mass is 32.2. The molecule has 1 rings (SSSR count). The van der Waals surface area contributed by atoms with Crippen LogP contribution in [-0.2, 0) is 10.0 Å². The van der Waals surface area contributed by atoms with E-state index in [1.807, 2.05) is 0 Å². The van der Waals surface area contributed by atoms with Crippen LogP contribution in [0.1, 0.15) is 12.5 Å². The second-order valence-corrected chi connectivity index (χ2v) is 5.27. The largest absolute Gasteiger partial charge is 0.398 e. The number of amides is 2. The van der Waals surface area contributed by atoms with Crippen LogP contribution in [0.4, 0.5) is 14.9 Å². The maximum absolute atomic E-state index is 13.4. The SMILES string of the molecule is CCNC(=O)NS(=O)(=O)c1cc(N)c(C)c(F)c1. The van der Waals surface area contributed by atoms with Crippen LogP contribution in [0.25, 0.3) is 0 Å². The minimum absolute atomic E-state index is 0.00581. The molecule has 0 fully saturated rings. The molecule has 8 heteroatoms. The third-order valence-electron chi connectivity index (χ3n) is 2.23. The van der Waals surface area contributed by atoms with Crippen molar-refractivity contribution in [1.29, 1.82) is 0 Å². The van der Waals surface area contributed by atoms with Crippen molar-refractivity contribution in [3.05, 3.63) is 23.5 Å². The molecule has 0 spiro atoms. The summed E-state index contributed by atoms with van der Waals surface area (Å²) in [5.74, 6) is -0.744. The van der Waals surface area contributed by atoms with Crippen LogP contribution in [0.5, 0.6) is 0 Å². The Morgan fingerprint density at radius 1 is 1.44 bits per heavy atom. The Morgan fingerprint density at radius 2 is 2.06 bits per heavy atom. The smallest absolute Gasteiger partial charge is 0.328 e. The number of hydrogen-bond donors (Lipinski definition) is 3. The Bertz CT molecular complexity index is 549. The summed E-state index contributed by atoms with van der Waals surface area (Å²) in [4.78, 5) is 10.7. The van der Waals surface area contributed by atoms with E-state index in [0.29, 0.717) is 0 Å². The maximum Gasteiger partial charge on any atom is 0.328 e. The van der Waals surface area contributed by atoms with E-state index in [1.165, 1.54) is 6.92 Å². The van der Waals surface area contributed by atoms with Gasteiger partial charge < -0.3 is 11.1 Å². The molecule has 1 aromatic rings. The molecule has 0 aliphatic carbocycles. The fraction of sp³-hybridized carbons (Fsp3) is 0.300. The average Bonchev–Trinajstić information content (AvgIpc) is 2.24. The number of hydrogen-bond acceptors (Lipinski definition) is 4. The molecule has 0 saturated heterocycles. The van der Waals surface area contributed by atoms with Crippen molar-refractivity contribution in [2.24, 2.45) is 0 Å². The quantitative estimate of drug-likeness (QED) is 0.707. The van der Waals surface area contributed by atoms with E-state index in [2.05, 4.69) is 5.32 Å². The highest BCUT2D eigenvalue weighted by Crippen LogP contribution is 2.20. The minimum Gasteiger partial charge on any atom is -0.398 e. The number of benzene rings is 1. The van der Waals surface area contributed by atoms with Crippen molar-refractivity contribution < 1.29 is 17.6 Å². The molecule has 1 aromatic carbocycles. The first-order valence-electron chi connectivity index (χ1n) is 5.14. The molecule has 100 valence electrons. The second-order valence-electron chi connectivity index (χ2n) is 3.58. The number of carbonyl (C=O) groups excluding carboxylic acids is 1. The van der Waals surface area contributed by atoms with Gasteiger partial charge in [-0.15, -0.1) is 0 Å². The highest BCUT2D eigenvalue weighted by molar-refractivity contribution is 7.90. The Labute approximate surface area is 104 Å². The summed E-state index contributed by atoms with van der Waals surface area (Å²) in [5, 5.41) is 2.26. The van der Waals surface area contributed by atoms with Gasteiger partial charge in [-0.25, -0.2) is 22.3 Å². The monoisotopic (exact) mass is 275 g/mol. The molecule has 4 N–H and O–H groups in total. The van der Waals surface area contributed by atoms with Crippen molar-refractivity contribution in [3.8, 4) is 0 Å². The number of carbonyl (C=O) groups is 1.